The van der Waals surface area contributed by atoms with Crippen LogP contribution in [0.15, 0.2) is 133 Å². The number of nitrogens with one attached hydrogen (secondary N) is 2. The SMILES string of the molecule is C[C@H]1[C@@H](CN(C)Cc2ccccc2)O[C@@H](c2cccc(-c3cccc(CNC(=O)NCc4ccccc4)c3)c2)O[C@H]1c1ccc(CO)cc1. The Labute approximate surface area is 289 Å². The second kappa shape index (κ2) is 16.5. The van der Waals surface area contributed by atoms with E-state index in [0.717, 1.165) is 52.0 Å². The fraction of sp³-hybridized carbons (Fsp3) is 0.262. The van der Waals surface area contributed by atoms with Crippen molar-refractivity contribution in [3.05, 3.63) is 167 Å². The molecule has 252 valence electrons. The number of hydrogen-bond donors (Lipinski definition) is 3. The number of nitrogens with zero attached hydrogens (tertiary/aromatic N) is 1. The van der Waals surface area contributed by atoms with Crippen molar-refractivity contribution in [3.8, 4) is 11.1 Å². The van der Waals surface area contributed by atoms with Gasteiger partial charge in [0.1, 0.15) is 0 Å². The Hall–Kier alpha value is -4.79. The maximum Gasteiger partial charge on any atom is 0.315 e. The number of ether oxygens (including phenoxy) is 2. The van der Waals surface area contributed by atoms with Crippen LogP contribution in [0.1, 0.15) is 52.7 Å². The van der Waals surface area contributed by atoms with Gasteiger partial charge in [-0.25, -0.2) is 4.79 Å². The van der Waals surface area contributed by atoms with E-state index in [-0.39, 0.29) is 30.8 Å². The van der Waals surface area contributed by atoms with Crippen molar-refractivity contribution < 1.29 is 19.4 Å². The Morgan fingerprint density at radius 3 is 1.98 bits per heavy atom. The zero-order valence-electron chi connectivity index (χ0n) is 28.2. The molecule has 6 rings (SSSR count). The van der Waals surface area contributed by atoms with Crippen molar-refractivity contribution >= 4 is 6.03 Å². The number of aliphatic hydroxyl groups is 1. The van der Waals surface area contributed by atoms with Crippen molar-refractivity contribution in [1.82, 2.24) is 15.5 Å². The molecule has 2 amide bonds. The third-order valence-electron chi connectivity index (χ3n) is 9.08. The predicted molar refractivity (Wildman–Crippen MR) is 193 cm³/mol. The molecule has 0 bridgehead atoms. The molecule has 1 saturated heterocycles. The molecule has 5 aromatic carbocycles. The summed E-state index contributed by atoms with van der Waals surface area (Å²) < 4.78 is 13.5. The van der Waals surface area contributed by atoms with Crippen LogP contribution < -0.4 is 10.6 Å². The summed E-state index contributed by atoms with van der Waals surface area (Å²) in [7, 11) is 2.13. The lowest BCUT2D eigenvalue weighted by Gasteiger charge is -2.42. The molecule has 0 unspecified atom stereocenters. The van der Waals surface area contributed by atoms with Crippen molar-refractivity contribution in [2.45, 2.75) is 51.7 Å². The first kappa shape index (κ1) is 34.1. The summed E-state index contributed by atoms with van der Waals surface area (Å²) >= 11 is 0. The first-order chi connectivity index (χ1) is 23.9. The van der Waals surface area contributed by atoms with Gasteiger partial charge in [-0.1, -0.05) is 128 Å². The van der Waals surface area contributed by atoms with Crippen molar-refractivity contribution in [3.63, 3.8) is 0 Å². The van der Waals surface area contributed by atoms with Gasteiger partial charge in [0, 0.05) is 37.7 Å². The Morgan fingerprint density at radius 2 is 1.29 bits per heavy atom. The van der Waals surface area contributed by atoms with E-state index in [9.17, 15) is 9.90 Å². The second-order valence-corrected chi connectivity index (χ2v) is 12.9. The summed E-state index contributed by atoms with van der Waals surface area (Å²) in [5.41, 5.74) is 8.29. The fourth-order valence-electron chi connectivity index (χ4n) is 6.34. The monoisotopic (exact) mass is 655 g/mol. The lowest BCUT2D eigenvalue weighted by atomic mass is 9.90. The van der Waals surface area contributed by atoms with Crippen LogP contribution in [0.5, 0.6) is 0 Å². The summed E-state index contributed by atoms with van der Waals surface area (Å²) in [5, 5.41) is 15.5. The Bertz CT molecular complexity index is 1780. The molecule has 7 nitrogen and oxygen atoms in total. The van der Waals surface area contributed by atoms with E-state index in [0.29, 0.717) is 13.1 Å². The number of amides is 2. The van der Waals surface area contributed by atoms with Gasteiger partial charge in [0.25, 0.3) is 0 Å². The van der Waals surface area contributed by atoms with Gasteiger partial charge in [-0.05, 0) is 58.1 Å². The molecule has 1 fully saturated rings. The lowest BCUT2D eigenvalue weighted by Crippen LogP contribution is -2.43. The lowest BCUT2D eigenvalue weighted by molar-refractivity contribution is -0.276. The normalized spacial score (nSPS) is 19.0. The minimum atomic E-state index is -0.563. The topological polar surface area (TPSA) is 83.1 Å². The van der Waals surface area contributed by atoms with Crippen molar-refractivity contribution in [1.29, 1.82) is 0 Å². The zero-order valence-corrected chi connectivity index (χ0v) is 28.2. The van der Waals surface area contributed by atoms with E-state index in [1.54, 1.807) is 0 Å². The number of benzene rings is 5. The van der Waals surface area contributed by atoms with Crippen molar-refractivity contribution in [2.24, 2.45) is 5.92 Å². The van der Waals surface area contributed by atoms with Crippen LogP contribution in [-0.4, -0.2) is 35.7 Å². The summed E-state index contributed by atoms with van der Waals surface area (Å²) in [4.78, 5) is 14.8. The summed E-state index contributed by atoms with van der Waals surface area (Å²) in [6.07, 6.45) is -0.833. The van der Waals surface area contributed by atoms with Crippen LogP contribution in [0.3, 0.4) is 0 Å². The van der Waals surface area contributed by atoms with Gasteiger partial charge >= 0.3 is 6.03 Å². The van der Waals surface area contributed by atoms with Gasteiger partial charge in [-0.2, -0.15) is 0 Å². The molecule has 5 aromatic rings. The summed E-state index contributed by atoms with van der Waals surface area (Å²) in [5.74, 6) is 0.0895. The van der Waals surface area contributed by atoms with Crippen LogP contribution in [0.2, 0.25) is 0 Å². The number of rotatable bonds is 12. The molecule has 1 aliphatic heterocycles. The van der Waals surface area contributed by atoms with Crippen LogP contribution in [0, 0.1) is 5.92 Å². The molecule has 49 heavy (non-hydrogen) atoms. The molecule has 3 N–H and O–H groups in total. The van der Waals surface area contributed by atoms with Gasteiger partial charge in [0.15, 0.2) is 6.29 Å². The molecule has 0 radical (unpaired) electrons. The van der Waals surface area contributed by atoms with Crippen LogP contribution in [0.4, 0.5) is 4.79 Å². The first-order valence-corrected chi connectivity index (χ1v) is 16.9. The van der Waals surface area contributed by atoms with Gasteiger partial charge in [0.05, 0.1) is 18.8 Å². The van der Waals surface area contributed by atoms with E-state index < -0.39 is 6.29 Å². The van der Waals surface area contributed by atoms with E-state index in [4.69, 9.17) is 9.47 Å². The fourth-order valence-corrected chi connectivity index (χ4v) is 6.34. The molecular weight excluding hydrogens is 610 g/mol. The van der Waals surface area contributed by atoms with Crippen LogP contribution >= 0.6 is 0 Å². The van der Waals surface area contributed by atoms with E-state index in [1.807, 2.05) is 66.7 Å². The maximum absolute atomic E-state index is 12.5. The predicted octanol–water partition coefficient (Wildman–Crippen LogP) is 7.77. The van der Waals surface area contributed by atoms with Gasteiger partial charge in [0.2, 0.25) is 0 Å². The largest absolute Gasteiger partial charge is 0.392 e. The van der Waals surface area contributed by atoms with Gasteiger partial charge in [-0.3, -0.25) is 4.90 Å². The summed E-state index contributed by atoms with van der Waals surface area (Å²) in [6.45, 7) is 4.66. The standard InChI is InChI=1S/C42H45N3O4/c1-30-39(28-45(2)27-32-13-7-4-8-14-32)48-41(49-40(30)35-21-19-33(29-46)20-22-35)38-18-10-17-37(24-38)36-16-9-15-34(23-36)26-44-42(47)43-25-31-11-5-3-6-12-31/h3-24,30,39-41,46H,25-29H2,1-2H3,(H2,43,44,47)/t30-,39+,40+,41+/m0/s1. The molecule has 7 heteroatoms. The highest BCUT2D eigenvalue weighted by Crippen LogP contribution is 2.42. The van der Waals surface area contributed by atoms with E-state index in [2.05, 4.69) is 96.2 Å². The molecule has 0 saturated carbocycles. The van der Waals surface area contributed by atoms with Crippen LogP contribution in [-0.2, 0) is 35.7 Å². The molecule has 0 spiro atoms. The molecular formula is C42H45N3O4. The molecule has 0 aromatic heterocycles. The Kier molecular flexibility index (Phi) is 11.5. The van der Waals surface area contributed by atoms with E-state index >= 15 is 0 Å². The maximum atomic E-state index is 12.5. The Balaban J connectivity index is 1.17. The van der Waals surface area contributed by atoms with Gasteiger partial charge in [-0.15, -0.1) is 0 Å². The number of urea groups is 1. The van der Waals surface area contributed by atoms with Crippen LogP contribution in [0.25, 0.3) is 11.1 Å². The number of carbonyl (C=O) groups is 1. The Morgan fingerprint density at radius 1 is 0.673 bits per heavy atom. The number of hydrogen-bond acceptors (Lipinski definition) is 5. The van der Waals surface area contributed by atoms with Gasteiger partial charge < -0.3 is 25.2 Å². The highest BCUT2D eigenvalue weighted by Gasteiger charge is 2.39. The third-order valence-corrected chi connectivity index (χ3v) is 9.08. The quantitative estimate of drug-likeness (QED) is 0.128. The highest BCUT2D eigenvalue weighted by molar-refractivity contribution is 5.74. The molecule has 1 heterocycles. The number of likely N-dealkylation sites (N-methyl/N-ethyl adjacent to an activating group) is 1. The highest BCUT2D eigenvalue weighted by atomic mass is 16.7. The average Bonchev–Trinajstić information content (AvgIpc) is 3.15. The number of carbonyl (C=O) groups excluding carboxylic acids is 1. The third kappa shape index (κ3) is 9.22. The minimum Gasteiger partial charge on any atom is -0.392 e. The van der Waals surface area contributed by atoms with E-state index in [1.165, 1.54) is 5.56 Å². The van der Waals surface area contributed by atoms with Crippen molar-refractivity contribution in [2.75, 3.05) is 13.6 Å². The smallest absolute Gasteiger partial charge is 0.315 e. The first-order valence-electron chi connectivity index (χ1n) is 16.9. The molecule has 1 aliphatic rings. The second-order valence-electron chi connectivity index (χ2n) is 12.9. The zero-order chi connectivity index (χ0) is 34.0. The number of aliphatic hydroxyl groups excluding tert-OH is 1. The minimum absolute atomic E-state index is 0.00547. The summed E-state index contributed by atoms with van der Waals surface area (Å²) in [6, 6.07) is 44.7. The molecule has 0 aliphatic carbocycles. The average molecular weight is 656 g/mol. The molecule has 4 atom stereocenters.